The molecule has 1 fully saturated rings. The highest BCUT2D eigenvalue weighted by Crippen LogP contribution is 2.39. The van der Waals surface area contributed by atoms with Crippen LogP contribution in [0.15, 0.2) is 60.9 Å². The molecule has 1 aliphatic carbocycles. The Balaban J connectivity index is 1.53. The van der Waals surface area contributed by atoms with Gasteiger partial charge in [-0.3, -0.25) is 0 Å². The Morgan fingerprint density at radius 1 is 0.972 bits per heavy atom. The van der Waals surface area contributed by atoms with E-state index in [2.05, 4.69) is 14.8 Å². The molecule has 10 heteroatoms. The molecule has 0 unspecified atom stereocenters. The van der Waals surface area contributed by atoms with Crippen molar-refractivity contribution in [3.05, 3.63) is 72.2 Å². The molecular weight excluding hydrogens is 475 g/mol. The van der Waals surface area contributed by atoms with Gasteiger partial charge in [-0.2, -0.15) is 5.10 Å². The second-order valence-corrected chi connectivity index (χ2v) is 8.64. The Morgan fingerprint density at radius 3 is 2.39 bits per heavy atom. The largest absolute Gasteiger partial charge is 0.573 e. The van der Waals surface area contributed by atoms with Gasteiger partial charge >= 0.3 is 12.3 Å². The number of nitrogens with zero attached hydrogens (tertiary/aromatic N) is 3. The summed E-state index contributed by atoms with van der Waals surface area (Å²) in [6, 6.07) is 12.4. The van der Waals surface area contributed by atoms with E-state index < -0.39 is 12.3 Å². The molecule has 0 radical (unpaired) electrons. The lowest BCUT2D eigenvalue weighted by Crippen LogP contribution is -2.17. The zero-order valence-corrected chi connectivity index (χ0v) is 19.0. The van der Waals surface area contributed by atoms with Gasteiger partial charge in [-0.05, 0) is 42.7 Å². The van der Waals surface area contributed by atoms with Crippen LogP contribution in [-0.4, -0.2) is 32.0 Å². The molecule has 0 atom stereocenters. The number of benzene rings is 2. The van der Waals surface area contributed by atoms with Crippen LogP contribution in [0.3, 0.4) is 0 Å². The predicted octanol–water partition coefficient (Wildman–Crippen LogP) is 6.83. The molecule has 36 heavy (non-hydrogen) atoms. The van der Waals surface area contributed by atoms with Crippen LogP contribution in [0, 0.1) is 0 Å². The normalized spacial score (nSPS) is 14.6. The van der Waals surface area contributed by atoms with Gasteiger partial charge in [0, 0.05) is 23.7 Å². The maximum atomic E-state index is 12.6. The Kier molecular flexibility index (Phi) is 6.26. The molecule has 2 aromatic heterocycles. The van der Waals surface area contributed by atoms with E-state index in [4.69, 9.17) is 4.74 Å². The van der Waals surface area contributed by atoms with Crippen LogP contribution < -0.4 is 9.47 Å². The number of aromatic nitrogens is 3. The molecule has 1 saturated carbocycles. The van der Waals surface area contributed by atoms with Crippen molar-refractivity contribution < 1.29 is 32.5 Å². The molecule has 0 bridgehead atoms. The maximum absolute atomic E-state index is 12.6. The van der Waals surface area contributed by atoms with E-state index >= 15 is 0 Å². The molecule has 1 N–H and O–H groups in total. The lowest BCUT2D eigenvalue weighted by atomic mass is 9.84. The SMILES string of the molecule is O=C(O)c1cnn2c(C3CCCCC3)c(-c3cccc(Oc4cccc(OC(F)(F)F)c4)c3)cnc12. The van der Waals surface area contributed by atoms with E-state index in [0.717, 1.165) is 48.9 Å². The van der Waals surface area contributed by atoms with Gasteiger partial charge < -0.3 is 14.6 Å². The third-order valence-corrected chi connectivity index (χ3v) is 6.21. The van der Waals surface area contributed by atoms with Crippen molar-refractivity contribution >= 4 is 11.6 Å². The van der Waals surface area contributed by atoms with Crippen molar-refractivity contribution in [1.82, 2.24) is 14.6 Å². The molecular formula is C26H22F3N3O4. The minimum atomic E-state index is -4.80. The first-order valence-electron chi connectivity index (χ1n) is 11.5. The number of hydrogen-bond donors (Lipinski definition) is 1. The number of carboxylic acids is 1. The number of rotatable bonds is 6. The Morgan fingerprint density at radius 2 is 1.67 bits per heavy atom. The van der Waals surface area contributed by atoms with E-state index in [1.54, 1.807) is 28.9 Å². The first-order chi connectivity index (χ1) is 17.3. The van der Waals surface area contributed by atoms with Gasteiger partial charge in [-0.25, -0.2) is 14.3 Å². The van der Waals surface area contributed by atoms with Gasteiger partial charge in [0.1, 0.15) is 22.8 Å². The van der Waals surface area contributed by atoms with Gasteiger partial charge in [0.05, 0.1) is 11.9 Å². The summed E-state index contributed by atoms with van der Waals surface area (Å²) in [5.41, 5.74) is 2.80. The summed E-state index contributed by atoms with van der Waals surface area (Å²) in [5, 5.41) is 13.9. The monoisotopic (exact) mass is 497 g/mol. The number of halogens is 3. The minimum Gasteiger partial charge on any atom is -0.477 e. The van der Waals surface area contributed by atoms with Crippen LogP contribution in [0.5, 0.6) is 17.2 Å². The molecule has 0 amide bonds. The highest BCUT2D eigenvalue weighted by molar-refractivity contribution is 5.94. The van der Waals surface area contributed by atoms with Crippen LogP contribution in [0.1, 0.15) is 54.1 Å². The summed E-state index contributed by atoms with van der Waals surface area (Å²) >= 11 is 0. The highest BCUT2D eigenvalue weighted by Gasteiger charge is 2.31. The first kappa shape index (κ1) is 23.7. The second-order valence-electron chi connectivity index (χ2n) is 8.64. The van der Waals surface area contributed by atoms with Gasteiger partial charge in [0.2, 0.25) is 0 Å². The number of carbonyl (C=O) groups is 1. The van der Waals surface area contributed by atoms with E-state index in [1.807, 2.05) is 6.07 Å². The van der Waals surface area contributed by atoms with Crippen LogP contribution in [0.2, 0.25) is 0 Å². The maximum Gasteiger partial charge on any atom is 0.573 e. The molecule has 5 rings (SSSR count). The lowest BCUT2D eigenvalue weighted by molar-refractivity contribution is -0.274. The third-order valence-electron chi connectivity index (χ3n) is 6.21. The molecule has 0 saturated heterocycles. The molecule has 1 aliphatic rings. The molecule has 0 aliphatic heterocycles. The lowest BCUT2D eigenvalue weighted by Gasteiger charge is -2.25. The summed E-state index contributed by atoms with van der Waals surface area (Å²) in [5.74, 6) is -0.682. The number of ether oxygens (including phenoxy) is 2. The second kappa shape index (κ2) is 9.52. The number of hydrogen-bond acceptors (Lipinski definition) is 5. The van der Waals surface area contributed by atoms with E-state index in [0.29, 0.717) is 11.4 Å². The zero-order valence-electron chi connectivity index (χ0n) is 19.0. The standard InChI is InChI=1S/C26H22F3N3O4/c27-26(28,29)36-20-11-5-10-19(13-20)35-18-9-4-8-17(12-18)21-14-30-24-22(25(33)34)15-31-32(24)23(21)16-6-2-1-3-7-16/h4-5,8-16H,1-3,6-7H2,(H,33,34). The van der Waals surface area contributed by atoms with Gasteiger partial charge in [0.25, 0.3) is 0 Å². The minimum absolute atomic E-state index is 0.0386. The van der Waals surface area contributed by atoms with Crippen molar-refractivity contribution in [2.75, 3.05) is 0 Å². The predicted molar refractivity (Wildman–Crippen MR) is 124 cm³/mol. The van der Waals surface area contributed by atoms with E-state index in [1.165, 1.54) is 30.5 Å². The molecule has 4 aromatic rings. The smallest absolute Gasteiger partial charge is 0.477 e. The number of carboxylic acid groups (broad SMARTS) is 1. The van der Waals surface area contributed by atoms with Crippen molar-refractivity contribution in [3.8, 4) is 28.4 Å². The summed E-state index contributed by atoms with van der Waals surface area (Å²) in [7, 11) is 0. The van der Waals surface area contributed by atoms with Crippen molar-refractivity contribution in [3.63, 3.8) is 0 Å². The van der Waals surface area contributed by atoms with Crippen molar-refractivity contribution in [2.24, 2.45) is 0 Å². The molecule has 0 spiro atoms. The quantitative estimate of drug-likeness (QED) is 0.314. The van der Waals surface area contributed by atoms with Crippen molar-refractivity contribution in [1.29, 1.82) is 0 Å². The van der Waals surface area contributed by atoms with Crippen LogP contribution in [0.25, 0.3) is 16.8 Å². The Bertz CT molecular complexity index is 1410. The van der Waals surface area contributed by atoms with Crippen LogP contribution >= 0.6 is 0 Å². The van der Waals surface area contributed by atoms with Crippen molar-refractivity contribution in [2.45, 2.75) is 44.4 Å². The summed E-state index contributed by atoms with van der Waals surface area (Å²) in [4.78, 5) is 16.1. The van der Waals surface area contributed by atoms with E-state index in [-0.39, 0.29) is 23.0 Å². The first-order valence-corrected chi connectivity index (χ1v) is 11.5. The number of aromatic carboxylic acids is 1. The molecule has 2 heterocycles. The van der Waals surface area contributed by atoms with Crippen LogP contribution in [0.4, 0.5) is 13.2 Å². The third kappa shape index (κ3) is 4.98. The molecule has 7 nitrogen and oxygen atoms in total. The topological polar surface area (TPSA) is 86.0 Å². The fraction of sp³-hybridized carbons (Fsp3) is 0.269. The molecule has 2 aromatic carbocycles. The summed E-state index contributed by atoms with van der Waals surface area (Å²) in [6.07, 6.45) is 3.38. The van der Waals surface area contributed by atoms with Gasteiger partial charge in [-0.1, -0.05) is 37.5 Å². The zero-order chi connectivity index (χ0) is 25.3. The molecule has 186 valence electrons. The van der Waals surface area contributed by atoms with Gasteiger partial charge in [-0.15, -0.1) is 13.2 Å². The number of alkyl halides is 3. The van der Waals surface area contributed by atoms with E-state index in [9.17, 15) is 23.1 Å². The Hall–Kier alpha value is -4.08. The number of fused-ring (bicyclic) bond motifs is 1. The summed E-state index contributed by atoms with van der Waals surface area (Å²) < 4.78 is 49.2. The average molecular weight is 497 g/mol. The Labute approximate surface area is 204 Å². The van der Waals surface area contributed by atoms with Gasteiger partial charge in [0.15, 0.2) is 5.65 Å². The fourth-order valence-corrected chi connectivity index (χ4v) is 4.69. The van der Waals surface area contributed by atoms with Crippen LogP contribution in [-0.2, 0) is 0 Å². The summed E-state index contributed by atoms with van der Waals surface area (Å²) in [6.45, 7) is 0. The highest BCUT2D eigenvalue weighted by atomic mass is 19.4. The average Bonchev–Trinajstić information content (AvgIpc) is 3.28. The fourth-order valence-electron chi connectivity index (χ4n) is 4.69.